The third kappa shape index (κ3) is 7.94. The fourth-order valence-electron chi connectivity index (χ4n) is 2.33. The maximum Gasteiger partial charge on any atom is 0.191 e. The molecule has 0 aliphatic carbocycles. The average molecular weight is 384 g/mol. The molecule has 0 saturated carbocycles. The monoisotopic (exact) mass is 384 g/mol. The van der Waals surface area contributed by atoms with Crippen LogP contribution < -0.4 is 10.6 Å². The largest absolute Gasteiger partial charge is 0.383 e. The third-order valence-electron chi connectivity index (χ3n) is 3.29. The minimum Gasteiger partial charge on any atom is -0.383 e. The van der Waals surface area contributed by atoms with Gasteiger partial charge in [0.2, 0.25) is 0 Å². The van der Waals surface area contributed by atoms with E-state index in [4.69, 9.17) is 4.74 Å². The standard InChI is InChI=1S/C13H28N4O.HI/c1-4-7-17-8-5-12(11-17)10-16-13(14-2)15-6-9-18-3;/h12H,4-11H2,1-3H3,(H2,14,15,16);1H. The van der Waals surface area contributed by atoms with Gasteiger partial charge in [-0.05, 0) is 31.8 Å². The normalized spacial score (nSPS) is 20.2. The van der Waals surface area contributed by atoms with Crippen LogP contribution in [0, 0.1) is 5.92 Å². The van der Waals surface area contributed by atoms with Crippen molar-refractivity contribution in [1.82, 2.24) is 15.5 Å². The number of hydrogen-bond acceptors (Lipinski definition) is 3. The summed E-state index contributed by atoms with van der Waals surface area (Å²) in [6, 6.07) is 0. The molecule has 1 heterocycles. The van der Waals surface area contributed by atoms with Crippen molar-refractivity contribution in [2.75, 3.05) is 53.5 Å². The summed E-state index contributed by atoms with van der Waals surface area (Å²) in [6.07, 6.45) is 2.54. The molecule has 1 aliphatic heterocycles. The van der Waals surface area contributed by atoms with Gasteiger partial charge >= 0.3 is 0 Å². The lowest BCUT2D eigenvalue weighted by atomic mass is 10.1. The highest BCUT2D eigenvalue weighted by Gasteiger charge is 2.21. The Morgan fingerprint density at radius 1 is 1.42 bits per heavy atom. The average Bonchev–Trinajstić information content (AvgIpc) is 2.82. The van der Waals surface area contributed by atoms with Crippen molar-refractivity contribution < 1.29 is 4.74 Å². The highest BCUT2D eigenvalue weighted by Crippen LogP contribution is 2.15. The number of aliphatic imine (C=N–C) groups is 1. The Morgan fingerprint density at radius 3 is 2.84 bits per heavy atom. The van der Waals surface area contributed by atoms with Crippen molar-refractivity contribution in [3.63, 3.8) is 0 Å². The quantitative estimate of drug-likeness (QED) is 0.299. The van der Waals surface area contributed by atoms with E-state index in [0.717, 1.165) is 25.0 Å². The van der Waals surface area contributed by atoms with Crippen LogP contribution in [0.15, 0.2) is 4.99 Å². The number of nitrogens with one attached hydrogen (secondary N) is 2. The first-order valence-corrected chi connectivity index (χ1v) is 6.96. The lowest BCUT2D eigenvalue weighted by Gasteiger charge is -2.16. The molecule has 5 nitrogen and oxygen atoms in total. The zero-order valence-corrected chi connectivity index (χ0v) is 14.8. The molecule has 0 aromatic rings. The lowest BCUT2D eigenvalue weighted by molar-refractivity contribution is 0.203. The van der Waals surface area contributed by atoms with Gasteiger partial charge in [-0.2, -0.15) is 0 Å². The van der Waals surface area contributed by atoms with Crippen molar-refractivity contribution in [3.8, 4) is 0 Å². The van der Waals surface area contributed by atoms with Crippen molar-refractivity contribution in [1.29, 1.82) is 0 Å². The molecule has 0 spiro atoms. The highest BCUT2D eigenvalue weighted by atomic mass is 127. The smallest absolute Gasteiger partial charge is 0.191 e. The third-order valence-corrected chi connectivity index (χ3v) is 3.29. The molecule has 1 saturated heterocycles. The van der Waals surface area contributed by atoms with Crippen LogP contribution in [0.4, 0.5) is 0 Å². The molecule has 0 aromatic carbocycles. The predicted molar refractivity (Wildman–Crippen MR) is 91.5 cm³/mol. The summed E-state index contributed by atoms with van der Waals surface area (Å²) < 4.78 is 5.00. The van der Waals surface area contributed by atoms with Crippen LogP contribution in [0.25, 0.3) is 0 Å². The Kier molecular flexibility index (Phi) is 11.7. The molecule has 2 N–H and O–H groups in total. The first-order valence-electron chi connectivity index (χ1n) is 6.96. The summed E-state index contributed by atoms with van der Waals surface area (Å²) >= 11 is 0. The summed E-state index contributed by atoms with van der Waals surface area (Å²) in [5, 5.41) is 6.62. The van der Waals surface area contributed by atoms with Gasteiger partial charge in [-0.1, -0.05) is 6.92 Å². The lowest BCUT2D eigenvalue weighted by Crippen LogP contribution is -2.41. The molecule has 1 atom stereocenters. The van der Waals surface area contributed by atoms with Crippen LogP contribution in [0.3, 0.4) is 0 Å². The zero-order chi connectivity index (χ0) is 13.2. The first-order chi connectivity index (χ1) is 8.80. The maximum atomic E-state index is 5.00. The minimum atomic E-state index is 0. The van der Waals surface area contributed by atoms with Gasteiger partial charge in [-0.3, -0.25) is 4.99 Å². The van der Waals surface area contributed by atoms with E-state index in [9.17, 15) is 0 Å². The Morgan fingerprint density at radius 2 is 2.21 bits per heavy atom. The number of methoxy groups -OCH3 is 1. The van der Waals surface area contributed by atoms with Crippen LogP contribution in [-0.4, -0.2) is 64.3 Å². The van der Waals surface area contributed by atoms with Gasteiger partial charge in [-0.15, -0.1) is 24.0 Å². The molecule has 1 unspecified atom stereocenters. The van der Waals surface area contributed by atoms with E-state index in [2.05, 4.69) is 27.4 Å². The molecule has 1 fully saturated rings. The second kappa shape index (κ2) is 11.7. The van der Waals surface area contributed by atoms with Gasteiger partial charge in [0.05, 0.1) is 6.61 Å². The van der Waals surface area contributed by atoms with E-state index in [1.54, 1.807) is 14.2 Å². The Hall–Kier alpha value is -0.0800. The van der Waals surface area contributed by atoms with E-state index in [1.807, 2.05) is 0 Å². The van der Waals surface area contributed by atoms with E-state index >= 15 is 0 Å². The molecule has 114 valence electrons. The van der Waals surface area contributed by atoms with Crippen molar-refractivity contribution in [2.45, 2.75) is 19.8 Å². The fourth-order valence-corrected chi connectivity index (χ4v) is 2.33. The molecular weight excluding hydrogens is 355 g/mol. The fraction of sp³-hybridized carbons (Fsp3) is 0.923. The van der Waals surface area contributed by atoms with E-state index in [1.165, 1.54) is 32.5 Å². The Bertz CT molecular complexity index is 251. The van der Waals surface area contributed by atoms with E-state index in [-0.39, 0.29) is 24.0 Å². The highest BCUT2D eigenvalue weighted by molar-refractivity contribution is 14.0. The van der Waals surface area contributed by atoms with Gasteiger partial charge in [0.1, 0.15) is 0 Å². The van der Waals surface area contributed by atoms with Crippen molar-refractivity contribution in [3.05, 3.63) is 0 Å². The van der Waals surface area contributed by atoms with Gasteiger partial charge in [-0.25, -0.2) is 0 Å². The van der Waals surface area contributed by atoms with Crippen LogP contribution in [0.5, 0.6) is 0 Å². The number of rotatable bonds is 7. The van der Waals surface area contributed by atoms with Gasteiger partial charge in [0.25, 0.3) is 0 Å². The van der Waals surface area contributed by atoms with Crippen molar-refractivity contribution >= 4 is 29.9 Å². The molecule has 6 heteroatoms. The van der Waals surface area contributed by atoms with Crippen LogP contribution >= 0.6 is 24.0 Å². The SMILES string of the molecule is CCCN1CCC(CNC(=NC)NCCOC)C1.I. The molecule has 0 aromatic heterocycles. The number of halogens is 1. The molecule has 1 rings (SSSR count). The van der Waals surface area contributed by atoms with Gasteiger partial charge < -0.3 is 20.3 Å². The zero-order valence-electron chi connectivity index (χ0n) is 12.4. The second-order valence-corrected chi connectivity index (χ2v) is 4.83. The van der Waals surface area contributed by atoms with E-state index in [0.29, 0.717) is 6.61 Å². The summed E-state index contributed by atoms with van der Waals surface area (Å²) in [5.41, 5.74) is 0. The van der Waals surface area contributed by atoms with E-state index < -0.39 is 0 Å². The number of ether oxygens (including phenoxy) is 1. The van der Waals surface area contributed by atoms with Crippen molar-refractivity contribution in [2.24, 2.45) is 10.9 Å². The predicted octanol–water partition coefficient (Wildman–Crippen LogP) is 1.15. The number of nitrogens with zero attached hydrogens (tertiary/aromatic N) is 2. The van der Waals surface area contributed by atoms with Gasteiger partial charge in [0.15, 0.2) is 5.96 Å². The molecule has 1 aliphatic rings. The second-order valence-electron chi connectivity index (χ2n) is 4.83. The molecule has 0 radical (unpaired) electrons. The molecule has 19 heavy (non-hydrogen) atoms. The number of likely N-dealkylation sites (tertiary alicyclic amines) is 1. The Balaban J connectivity index is 0.00000324. The summed E-state index contributed by atoms with van der Waals surface area (Å²) in [7, 11) is 3.51. The number of hydrogen-bond donors (Lipinski definition) is 2. The summed E-state index contributed by atoms with van der Waals surface area (Å²) in [5.74, 6) is 1.62. The van der Waals surface area contributed by atoms with Crippen LogP contribution in [-0.2, 0) is 4.74 Å². The summed E-state index contributed by atoms with van der Waals surface area (Å²) in [6.45, 7) is 8.44. The first kappa shape index (κ1) is 18.9. The number of guanidine groups is 1. The van der Waals surface area contributed by atoms with Crippen LogP contribution in [0.1, 0.15) is 19.8 Å². The molecular formula is C13H29IN4O. The topological polar surface area (TPSA) is 48.9 Å². The van der Waals surface area contributed by atoms with Crippen LogP contribution in [0.2, 0.25) is 0 Å². The Labute approximate surface area is 134 Å². The van der Waals surface area contributed by atoms with Gasteiger partial charge in [0, 0.05) is 33.8 Å². The molecule has 0 bridgehead atoms. The summed E-state index contributed by atoms with van der Waals surface area (Å²) in [4.78, 5) is 6.75. The minimum absolute atomic E-state index is 0. The maximum absolute atomic E-state index is 5.00. The molecule has 0 amide bonds.